The van der Waals surface area contributed by atoms with Crippen LogP contribution < -0.4 is 5.32 Å². The summed E-state index contributed by atoms with van der Waals surface area (Å²) in [6.45, 7) is 0.887. The molecule has 2 aromatic carbocycles. The summed E-state index contributed by atoms with van der Waals surface area (Å²) in [6.07, 6.45) is 3.11. The lowest BCUT2D eigenvalue weighted by molar-refractivity contribution is 0.780. The number of hydrogen-bond donors (Lipinski definition) is 1. The monoisotopic (exact) mass is 425 g/mol. The van der Waals surface area contributed by atoms with Gasteiger partial charge in [0.2, 0.25) is 0 Å². The predicted octanol–water partition coefficient (Wildman–Crippen LogP) is 6.90. The molecular weight excluding hydrogens is 412 g/mol. The first-order chi connectivity index (χ1) is 12.5. The van der Waals surface area contributed by atoms with E-state index in [4.69, 9.17) is 51.5 Å². The molecule has 0 fully saturated rings. The number of aromatic nitrogens is 2. The van der Waals surface area contributed by atoms with Crippen molar-refractivity contribution in [3.63, 3.8) is 0 Å². The summed E-state index contributed by atoms with van der Waals surface area (Å²) in [5.41, 5.74) is 3.70. The van der Waals surface area contributed by atoms with Gasteiger partial charge in [0.1, 0.15) is 5.82 Å². The van der Waals surface area contributed by atoms with Crippen molar-refractivity contribution >= 4 is 52.2 Å². The highest BCUT2D eigenvalue weighted by atomic mass is 35.5. The van der Waals surface area contributed by atoms with Gasteiger partial charge in [0.05, 0.1) is 26.4 Å². The number of rotatable bonds is 2. The van der Waals surface area contributed by atoms with Gasteiger partial charge in [-0.25, -0.2) is 4.68 Å². The average molecular weight is 427 g/mol. The lowest BCUT2D eigenvalue weighted by Gasteiger charge is -2.11. The molecule has 26 heavy (non-hydrogen) atoms. The SMILES string of the molecule is Clc1ccc(Cl)c(-n2nc(-c3ccc(Cl)c(Cl)c3)c3c2NCCCC3)c1. The maximum Gasteiger partial charge on any atom is 0.133 e. The summed E-state index contributed by atoms with van der Waals surface area (Å²) in [6, 6.07) is 10.9. The minimum absolute atomic E-state index is 0.509. The Bertz CT molecular complexity index is 981. The summed E-state index contributed by atoms with van der Waals surface area (Å²) < 4.78 is 1.84. The first kappa shape index (κ1) is 18.0. The van der Waals surface area contributed by atoms with E-state index in [9.17, 15) is 0 Å². The Hall–Kier alpha value is -1.39. The fourth-order valence-electron chi connectivity index (χ4n) is 3.20. The molecule has 4 rings (SSSR count). The molecule has 0 saturated carbocycles. The molecule has 3 aromatic rings. The number of nitrogens with one attached hydrogen (secondary N) is 1. The number of nitrogens with zero attached hydrogens (tertiary/aromatic N) is 2. The summed E-state index contributed by atoms with van der Waals surface area (Å²) in [4.78, 5) is 0. The third-order valence-electron chi connectivity index (χ3n) is 4.46. The zero-order valence-corrected chi connectivity index (χ0v) is 16.7. The van der Waals surface area contributed by atoms with Crippen LogP contribution >= 0.6 is 46.4 Å². The van der Waals surface area contributed by atoms with E-state index in [1.54, 1.807) is 18.2 Å². The zero-order chi connectivity index (χ0) is 18.3. The molecule has 0 aliphatic carbocycles. The van der Waals surface area contributed by atoms with Crippen LogP contribution in [0.1, 0.15) is 18.4 Å². The minimum Gasteiger partial charge on any atom is -0.370 e. The molecule has 7 heteroatoms. The third-order valence-corrected chi connectivity index (χ3v) is 5.75. The van der Waals surface area contributed by atoms with Gasteiger partial charge in [-0.2, -0.15) is 5.10 Å². The Labute approximate surface area is 171 Å². The topological polar surface area (TPSA) is 29.9 Å². The lowest BCUT2D eigenvalue weighted by Crippen LogP contribution is -2.07. The third kappa shape index (κ3) is 3.29. The number of halogens is 4. The van der Waals surface area contributed by atoms with E-state index in [-0.39, 0.29) is 0 Å². The Morgan fingerprint density at radius 3 is 2.50 bits per heavy atom. The highest BCUT2D eigenvalue weighted by Gasteiger charge is 2.23. The van der Waals surface area contributed by atoms with Crippen LogP contribution in [-0.4, -0.2) is 16.3 Å². The van der Waals surface area contributed by atoms with Gasteiger partial charge in [-0.3, -0.25) is 0 Å². The molecule has 0 radical (unpaired) electrons. The van der Waals surface area contributed by atoms with E-state index >= 15 is 0 Å². The van der Waals surface area contributed by atoms with Crippen molar-refractivity contribution in [1.29, 1.82) is 0 Å². The van der Waals surface area contributed by atoms with E-state index in [1.807, 2.05) is 22.9 Å². The van der Waals surface area contributed by atoms with E-state index < -0.39 is 0 Å². The van der Waals surface area contributed by atoms with Gasteiger partial charge in [0.15, 0.2) is 0 Å². The fraction of sp³-hybridized carbons (Fsp3) is 0.211. The number of hydrogen-bond acceptors (Lipinski definition) is 2. The maximum absolute atomic E-state index is 6.43. The second kappa shape index (κ2) is 7.32. The van der Waals surface area contributed by atoms with Crippen molar-refractivity contribution in [2.75, 3.05) is 11.9 Å². The smallest absolute Gasteiger partial charge is 0.133 e. The van der Waals surface area contributed by atoms with Crippen LogP contribution in [0.4, 0.5) is 5.82 Å². The number of anilines is 1. The van der Waals surface area contributed by atoms with Gasteiger partial charge >= 0.3 is 0 Å². The van der Waals surface area contributed by atoms with Gasteiger partial charge in [0.25, 0.3) is 0 Å². The first-order valence-electron chi connectivity index (χ1n) is 8.31. The molecule has 0 spiro atoms. The number of benzene rings is 2. The molecular formula is C19H15Cl4N3. The van der Waals surface area contributed by atoms with Crippen molar-refractivity contribution in [3.05, 3.63) is 62.1 Å². The van der Waals surface area contributed by atoms with Crippen LogP contribution in [0.15, 0.2) is 36.4 Å². The van der Waals surface area contributed by atoms with Gasteiger partial charge < -0.3 is 5.32 Å². The predicted molar refractivity (Wildman–Crippen MR) is 110 cm³/mol. The molecule has 0 saturated heterocycles. The lowest BCUT2D eigenvalue weighted by atomic mass is 10.0. The van der Waals surface area contributed by atoms with Crippen LogP contribution in [0.5, 0.6) is 0 Å². The highest BCUT2D eigenvalue weighted by Crippen LogP contribution is 2.37. The Balaban J connectivity index is 1.94. The van der Waals surface area contributed by atoms with Crippen molar-refractivity contribution in [1.82, 2.24) is 9.78 Å². The molecule has 134 valence electrons. The van der Waals surface area contributed by atoms with Crippen molar-refractivity contribution in [3.8, 4) is 16.9 Å². The minimum atomic E-state index is 0.509. The molecule has 0 bridgehead atoms. The second-order valence-electron chi connectivity index (χ2n) is 6.20. The molecule has 0 unspecified atom stereocenters. The molecule has 1 N–H and O–H groups in total. The van der Waals surface area contributed by atoms with Crippen molar-refractivity contribution < 1.29 is 0 Å². The van der Waals surface area contributed by atoms with E-state index in [0.29, 0.717) is 20.1 Å². The molecule has 1 aliphatic heterocycles. The summed E-state index contributed by atoms with van der Waals surface area (Å²) in [7, 11) is 0. The second-order valence-corrected chi connectivity index (χ2v) is 7.85. The van der Waals surface area contributed by atoms with Gasteiger partial charge in [-0.15, -0.1) is 0 Å². The zero-order valence-electron chi connectivity index (χ0n) is 13.7. The molecule has 3 nitrogen and oxygen atoms in total. The van der Waals surface area contributed by atoms with Crippen LogP contribution in [0.3, 0.4) is 0 Å². The summed E-state index contributed by atoms with van der Waals surface area (Å²) in [5.74, 6) is 0.952. The Morgan fingerprint density at radius 1 is 0.885 bits per heavy atom. The number of fused-ring (bicyclic) bond motifs is 1. The van der Waals surface area contributed by atoms with E-state index in [0.717, 1.165) is 54.1 Å². The average Bonchev–Trinajstić information content (AvgIpc) is 2.81. The molecule has 1 aromatic heterocycles. The summed E-state index contributed by atoms with van der Waals surface area (Å²) >= 11 is 24.9. The Kier molecular flexibility index (Phi) is 5.07. The van der Waals surface area contributed by atoms with Gasteiger partial charge in [-0.1, -0.05) is 52.5 Å². The quantitative estimate of drug-likeness (QED) is 0.482. The van der Waals surface area contributed by atoms with E-state index in [1.165, 1.54) is 0 Å². The van der Waals surface area contributed by atoms with E-state index in [2.05, 4.69) is 5.32 Å². The van der Waals surface area contributed by atoms with Crippen LogP contribution in [0, 0.1) is 0 Å². The normalized spacial score (nSPS) is 13.8. The van der Waals surface area contributed by atoms with Gasteiger partial charge in [0, 0.05) is 22.7 Å². The largest absolute Gasteiger partial charge is 0.370 e. The first-order valence-corrected chi connectivity index (χ1v) is 9.82. The van der Waals surface area contributed by atoms with Crippen molar-refractivity contribution in [2.45, 2.75) is 19.3 Å². The maximum atomic E-state index is 6.43. The highest BCUT2D eigenvalue weighted by molar-refractivity contribution is 6.42. The standard InChI is InChI=1S/C19H15Cl4N3/c20-12-5-7-15(22)17(10-12)26-19-13(3-1-2-8-24-19)18(25-26)11-4-6-14(21)16(23)9-11/h4-7,9-10,24H,1-3,8H2. The van der Waals surface area contributed by atoms with Crippen LogP contribution in [0.2, 0.25) is 20.1 Å². The Morgan fingerprint density at radius 2 is 1.69 bits per heavy atom. The molecule has 0 atom stereocenters. The van der Waals surface area contributed by atoms with Crippen LogP contribution in [-0.2, 0) is 6.42 Å². The molecule has 1 aliphatic rings. The fourth-order valence-corrected chi connectivity index (χ4v) is 3.86. The van der Waals surface area contributed by atoms with Crippen molar-refractivity contribution in [2.24, 2.45) is 0 Å². The summed E-state index contributed by atoms with van der Waals surface area (Å²) in [5, 5.41) is 10.6. The molecule has 2 heterocycles. The molecule has 0 amide bonds. The van der Waals surface area contributed by atoms with Crippen LogP contribution in [0.25, 0.3) is 16.9 Å². The van der Waals surface area contributed by atoms with Gasteiger partial charge in [-0.05, 0) is 49.6 Å².